The Morgan fingerprint density at radius 1 is 1.22 bits per heavy atom. The zero-order valence-electron chi connectivity index (χ0n) is 17.8. The van der Waals surface area contributed by atoms with Crippen LogP contribution in [0.15, 0.2) is 53.3 Å². The zero-order chi connectivity index (χ0) is 23.4. The van der Waals surface area contributed by atoms with Gasteiger partial charge in [0.05, 0.1) is 19.2 Å². The molecule has 1 aromatic heterocycles. The van der Waals surface area contributed by atoms with Gasteiger partial charge in [-0.25, -0.2) is 4.39 Å². The van der Waals surface area contributed by atoms with Gasteiger partial charge in [-0.2, -0.15) is 5.26 Å². The third kappa shape index (κ3) is 4.32. The maximum absolute atomic E-state index is 13.9. The Morgan fingerprint density at radius 2 is 1.88 bits per heavy atom. The lowest BCUT2D eigenvalue weighted by molar-refractivity contribution is 0.0807. The van der Waals surface area contributed by atoms with Crippen LogP contribution in [0.2, 0.25) is 0 Å². The Kier molecular flexibility index (Phi) is 6.59. The molecule has 3 aromatic rings. The van der Waals surface area contributed by atoms with Crippen LogP contribution in [-0.4, -0.2) is 28.7 Å². The van der Waals surface area contributed by atoms with E-state index in [2.05, 4.69) is 0 Å². The highest BCUT2D eigenvalue weighted by atomic mass is 19.1. The van der Waals surface area contributed by atoms with Crippen LogP contribution in [0.3, 0.4) is 0 Å². The number of para-hydroxylation sites is 1. The maximum atomic E-state index is 13.9. The van der Waals surface area contributed by atoms with Crippen molar-refractivity contribution in [1.82, 2.24) is 4.57 Å². The third-order valence-electron chi connectivity index (χ3n) is 5.06. The molecule has 8 heteroatoms. The van der Waals surface area contributed by atoms with Crippen molar-refractivity contribution in [1.29, 1.82) is 5.26 Å². The summed E-state index contributed by atoms with van der Waals surface area (Å²) < 4.78 is 25.4. The number of aromatic nitrogens is 1. The number of benzene rings is 2. The van der Waals surface area contributed by atoms with Crippen LogP contribution in [0.5, 0.6) is 17.4 Å². The molecule has 0 spiro atoms. The number of carbonyl (C=O) groups is 1. The van der Waals surface area contributed by atoms with Crippen molar-refractivity contribution >= 4 is 5.78 Å². The first-order valence-corrected chi connectivity index (χ1v) is 9.73. The van der Waals surface area contributed by atoms with E-state index in [4.69, 9.17) is 9.47 Å². The van der Waals surface area contributed by atoms with Crippen molar-refractivity contribution in [2.45, 2.75) is 26.5 Å². The fourth-order valence-electron chi connectivity index (χ4n) is 3.29. The van der Waals surface area contributed by atoms with Gasteiger partial charge in [-0.05, 0) is 49.2 Å². The molecule has 0 radical (unpaired) electrons. The quantitative estimate of drug-likeness (QED) is 0.568. The maximum Gasteiger partial charge on any atom is 0.271 e. The molecule has 0 saturated carbocycles. The van der Waals surface area contributed by atoms with Crippen LogP contribution in [-0.2, 0) is 6.54 Å². The number of pyridine rings is 1. The van der Waals surface area contributed by atoms with Crippen molar-refractivity contribution in [2.75, 3.05) is 7.11 Å². The molecule has 1 unspecified atom stereocenters. The second kappa shape index (κ2) is 9.35. The fourth-order valence-corrected chi connectivity index (χ4v) is 3.29. The highest BCUT2D eigenvalue weighted by molar-refractivity contribution is 6.03. The lowest BCUT2D eigenvalue weighted by atomic mass is 9.99. The second-order valence-electron chi connectivity index (χ2n) is 7.10. The molecule has 1 atom stereocenters. The Bertz CT molecular complexity index is 1260. The number of nitrogens with zero attached hydrogens (tertiary/aromatic N) is 2. The number of hydrogen-bond acceptors (Lipinski definition) is 6. The Morgan fingerprint density at radius 3 is 2.47 bits per heavy atom. The number of aromatic hydroxyl groups is 1. The molecule has 2 aromatic carbocycles. The van der Waals surface area contributed by atoms with Gasteiger partial charge < -0.3 is 14.6 Å². The summed E-state index contributed by atoms with van der Waals surface area (Å²) in [6.07, 6.45) is -1.19. The van der Waals surface area contributed by atoms with Gasteiger partial charge >= 0.3 is 0 Å². The standard InChI is InChI=1S/C24H21FN2O5/c1-14-18(12-26)23(29)27(13-16-8-10-17(31-3)11-9-16)24(30)21(14)22(28)15(2)32-20-7-5-4-6-19(20)25/h4-11,15,30H,13H2,1-3H3. The third-order valence-corrected chi connectivity index (χ3v) is 5.06. The van der Waals surface area contributed by atoms with Crippen LogP contribution in [0, 0.1) is 24.1 Å². The summed E-state index contributed by atoms with van der Waals surface area (Å²) in [6.45, 7) is 2.73. The number of ketones is 1. The number of methoxy groups -OCH3 is 1. The number of nitriles is 1. The first kappa shape index (κ1) is 22.6. The first-order chi connectivity index (χ1) is 15.3. The van der Waals surface area contributed by atoms with Gasteiger partial charge in [0.1, 0.15) is 17.4 Å². The molecule has 0 aliphatic carbocycles. The van der Waals surface area contributed by atoms with E-state index in [0.29, 0.717) is 11.3 Å². The number of halogens is 1. The highest BCUT2D eigenvalue weighted by Gasteiger charge is 2.28. The van der Waals surface area contributed by atoms with Crippen LogP contribution < -0.4 is 15.0 Å². The minimum Gasteiger partial charge on any atom is -0.497 e. The SMILES string of the molecule is COc1ccc(Cn2c(O)c(C(=O)C(C)Oc3ccccc3F)c(C)c(C#N)c2=O)cc1. The normalized spacial score (nSPS) is 11.5. The van der Waals surface area contributed by atoms with Gasteiger partial charge in [0, 0.05) is 0 Å². The summed E-state index contributed by atoms with van der Waals surface area (Å²) in [6, 6.07) is 14.2. The summed E-state index contributed by atoms with van der Waals surface area (Å²) in [5.41, 5.74) is -0.534. The minimum atomic E-state index is -1.19. The number of carbonyl (C=O) groups excluding carboxylic acids is 1. The number of rotatable bonds is 7. The fraction of sp³-hybridized carbons (Fsp3) is 0.208. The van der Waals surface area contributed by atoms with Gasteiger partial charge in [0.2, 0.25) is 11.7 Å². The highest BCUT2D eigenvalue weighted by Crippen LogP contribution is 2.26. The molecule has 1 N–H and O–H groups in total. The molecular formula is C24H21FN2O5. The first-order valence-electron chi connectivity index (χ1n) is 9.73. The van der Waals surface area contributed by atoms with Gasteiger partial charge in [0.25, 0.3) is 5.56 Å². The van der Waals surface area contributed by atoms with E-state index in [9.17, 15) is 24.3 Å². The van der Waals surface area contributed by atoms with Crippen molar-refractivity contribution in [3.63, 3.8) is 0 Å². The van der Waals surface area contributed by atoms with Crippen molar-refractivity contribution < 1.29 is 23.8 Å². The summed E-state index contributed by atoms with van der Waals surface area (Å²) in [5.74, 6) is -1.44. The lowest BCUT2D eigenvalue weighted by Gasteiger charge is -2.19. The number of ether oxygens (including phenoxy) is 2. The monoisotopic (exact) mass is 436 g/mol. The van der Waals surface area contributed by atoms with E-state index in [-0.39, 0.29) is 29.0 Å². The second-order valence-corrected chi connectivity index (χ2v) is 7.10. The van der Waals surface area contributed by atoms with Crippen LogP contribution in [0.25, 0.3) is 0 Å². The summed E-state index contributed by atoms with van der Waals surface area (Å²) in [7, 11) is 1.52. The van der Waals surface area contributed by atoms with Gasteiger partial charge in [-0.1, -0.05) is 24.3 Å². The number of Topliss-reactive ketones (excluding diaryl/α,β-unsaturated/α-hetero) is 1. The molecule has 32 heavy (non-hydrogen) atoms. The Balaban J connectivity index is 2.04. The van der Waals surface area contributed by atoms with Gasteiger partial charge in [0.15, 0.2) is 17.7 Å². The van der Waals surface area contributed by atoms with Gasteiger partial charge in [-0.3, -0.25) is 14.2 Å². The summed E-state index contributed by atoms with van der Waals surface area (Å²) in [4.78, 5) is 25.9. The lowest BCUT2D eigenvalue weighted by Crippen LogP contribution is -2.31. The molecule has 1 heterocycles. The van der Waals surface area contributed by atoms with E-state index in [1.807, 2.05) is 6.07 Å². The molecule has 164 valence electrons. The van der Waals surface area contributed by atoms with E-state index in [1.54, 1.807) is 30.3 Å². The van der Waals surface area contributed by atoms with E-state index in [0.717, 1.165) is 4.57 Å². The average Bonchev–Trinajstić information content (AvgIpc) is 2.79. The van der Waals surface area contributed by atoms with Crippen molar-refractivity contribution in [3.05, 3.63) is 87.0 Å². The molecule has 0 saturated heterocycles. The molecular weight excluding hydrogens is 415 g/mol. The molecule has 7 nitrogen and oxygen atoms in total. The van der Waals surface area contributed by atoms with Gasteiger partial charge in [-0.15, -0.1) is 0 Å². The van der Waals surface area contributed by atoms with E-state index >= 15 is 0 Å². The van der Waals surface area contributed by atoms with Crippen molar-refractivity contribution in [2.24, 2.45) is 0 Å². The smallest absolute Gasteiger partial charge is 0.271 e. The summed E-state index contributed by atoms with van der Waals surface area (Å²) in [5, 5.41) is 20.4. The van der Waals surface area contributed by atoms with Crippen LogP contribution in [0.4, 0.5) is 4.39 Å². The molecule has 0 aliphatic heterocycles. The van der Waals surface area contributed by atoms with E-state index in [1.165, 1.54) is 39.2 Å². The predicted molar refractivity (Wildman–Crippen MR) is 115 cm³/mol. The number of hydrogen-bond donors (Lipinski definition) is 1. The van der Waals surface area contributed by atoms with Crippen LogP contribution >= 0.6 is 0 Å². The minimum absolute atomic E-state index is 0.0370. The van der Waals surface area contributed by atoms with Crippen molar-refractivity contribution in [3.8, 4) is 23.4 Å². The molecule has 0 aliphatic rings. The molecule has 0 fully saturated rings. The summed E-state index contributed by atoms with van der Waals surface area (Å²) >= 11 is 0. The average molecular weight is 436 g/mol. The van der Waals surface area contributed by atoms with Crippen LogP contribution in [0.1, 0.15) is 34.0 Å². The zero-order valence-corrected chi connectivity index (χ0v) is 17.8. The Hall–Kier alpha value is -4.12. The molecule has 0 bridgehead atoms. The molecule has 0 amide bonds. The largest absolute Gasteiger partial charge is 0.497 e. The molecule has 3 rings (SSSR count). The van der Waals surface area contributed by atoms with E-state index < -0.39 is 29.1 Å². The predicted octanol–water partition coefficient (Wildman–Crippen LogP) is 3.58. The Labute approximate surface area is 183 Å². The topological polar surface area (TPSA) is 102 Å².